The second kappa shape index (κ2) is 5.39. The highest BCUT2D eigenvalue weighted by atomic mass is 16.9. The van der Waals surface area contributed by atoms with Gasteiger partial charge in [-0.3, -0.25) is 9.59 Å². The number of carbonyl (C=O) groups excluding carboxylic acids is 3. The van der Waals surface area contributed by atoms with Crippen LogP contribution >= 0.6 is 0 Å². The molecular formula is C16H20O9. The Bertz CT molecular complexity index is 629. The van der Waals surface area contributed by atoms with E-state index < -0.39 is 59.8 Å². The highest BCUT2D eigenvalue weighted by Gasteiger charge is 2.67. The van der Waals surface area contributed by atoms with Crippen molar-refractivity contribution in [2.24, 2.45) is 5.41 Å². The molecule has 6 unspecified atom stereocenters. The van der Waals surface area contributed by atoms with E-state index in [1.165, 1.54) is 0 Å². The van der Waals surface area contributed by atoms with Crippen molar-refractivity contribution >= 4 is 17.9 Å². The van der Waals surface area contributed by atoms with Crippen molar-refractivity contribution in [3.63, 3.8) is 0 Å². The first-order valence-electron chi connectivity index (χ1n) is 8.33. The Labute approximate surface area is 143 Å². The normalized spacial score (nSPS) is 42.3. The molecule has 0 radical (unpaired) electrons. The third-order valence-electron chi connectivity index (χ3n) is 5.21. The van der Waals surface area contributed by atoms with Crippen LogP contribution in [0.15, 0.2) is 0 Å². The Balaban J connectivity index is 1.46. The van der Waals surface area contributed by atoms with Crippen molar-refractivity contribution in [1.82, 2.24) is 0 Å². The van der Waals surface area contributed by atoms with Crippen LogP contribution in [0.5, 0.6) is 0 Å². The topological polar surface area (TPSA) is 107 Å². The molecule has 0 amide bonds. The maximum absolute atomic E-state index is 12.3. The fraction of sp³-hybridized carbons (Fsp3) is 0.812. The van der Waals surface area contributed by atoms with E-state index in [0.29, 0.717) is 6.42 Å². The highest BCUT2D eigenvalue weighted by Crippen LogP contribution is 2.46. The van der Waals surface area contributed by atoms with Crippen LogP contribution in [0.1, 0.15) is 33.6 Å². The Morgan fingerprint density at radius 2 is 2.00 bits per heavy atom. The van der Waals surface area contributed by atoms with Crippen LogP contribution in [0.3, 0.4) is 0 Å². The Kier molecular flexibility index (Phi) is 3.61. The van der Waals surface area contributed by atoms with Crippen LogP contribution in [0.2, 0.25) is 0 Å². The molecule has 4 heterocycles. The standard InChI is InChI=1S/C16H20O9/c1-4-15(2,3)14(19)23-10-8-9(21-12(10)18)11-13(22-8)25-16(24-11)5-7(17)20-6-16/h8-11,13H,4-6H2,1-3H3. The van der Waals surface area contributed by atoms with E-state index in [4.69, 9.17) is 28.4 Å². The largest absolute Gasteiger partial charge is 0.460 e. The van der Waals surface area contributed by atoms with Crippen LogP contribution in [0, 0.1) is 5.41 Å². The van der Waals surface area contributed by atoms with E-state index >= 15 is 0 Å². The molecule has 4 saturated heterocycles. The summed E-state index contributed by atoms with van der Waals surface area (Å²) in [7, 11) is 0. The van der Waals surface area contributed by atoms with Crippen LogP contribution in [0.25, 0.3) is 0 Å². The minimum absolute atomic E-state index is 0.0311. The third-order valence-corrected chi connectivity index (χ3v) is 5.21. The summed E-state index contributed by atoms with van der Waals surface area (Å²) in [5.41, 5.74) is -0.717. The smallest absolute Gasteiger partial charge is 0.350 e. The first-order chi connectivity index (χ1) is 11.7. The lowest BCUT2D eigenvalue weighted by Crippen LogP contribution is -2.41. The highest BCUT2D eigenvalue weighted by molar-refractivity contribution is 5.84. The summed E-state index contributed by atoms with van der Waals surface area (Å²) in [5.74, 6) is -2.78. The van der Waals surface area contributed by atoms with Crippen molar-refractivity contribution in [3.05, 3.63) is 0 Å². The Hall–Kier alpha value is -1.71. The van der Waals surface area contributed by atoms with Crippen LogP contribution in [-0.4, -0.2) is 61.0 Å². The van der Waals surface area contributed by atoms with E-state index in [0.717, 1.165) is 0 Å². The van der Waals surface area contributed by atoms with E-state index in [2.05, 4.69) is 0 Å². The minimum atomic E-state index is -1.19. The second-order valence-electron chi connectivity index (χ2n) is 7.38. The Morgan fingerprint density at radius 3 is 2.64 bits per heavy atom. The summed E-state index contributed by atoms with van der Waals surface area (Å²) in [6.07, 6.45) is -3.68. The van der Waals surface area contributed by atoms with Gasteiger partial charge in [0.05, 0.1) is 5.41 Å². The minimum Gasteiger partial charge on any atom is -0.460 e. The second-order valence-corrected chi connectivity index (χ2v) is 7.38. The fourth-order valence-electron chi connectivity index (χ4n) is 3.27. The van der Waals surface area contributed by atoms with Crippen LogP contribution < -0.4 is 0 Å². The molecule has 0 aromatic carbocycles. The molecule has 9 heteroatoms. The van der Waals surface area contributed by atoms with Gasteiger partial charge in [-0.2, -0.15) is 0 Å². The number of esters is 3. The summed E-state index contributed by atoms with van der Waals surface area (Å²) < 4.78 is 32.8. The maximum Gasteiger partial charge on any atom is 0.350 e. The van der Waals surface area contributed by atoms with Gasteiger partial charge in [0.25, 0.3) is 0 Å². The number of rotatable bonds is 3. The SMILES string of the molecule is CCC(C)(C)C(=O)OC1C(=O)OC2C3OC4(COC(=O)C4)OC3OC12. The van der Waals surface area contributed by atoms with Crippen molar-refractivity contribution in [2.45, 2.75) is 70.1 Å². The number of cyclic esters (lactones) is 1. The fourth-order valence-corrected chi connectivity index (χ4v) is 3.27. The first-order valence-corrected chi connectivity index (χ1v) is 8.33. The molecule has 4 aliphatic rings. The number of hydrogen-bond acceptors (Lipinski definition) is 9. The molecule has 4 rings (SSSR count). The van der Waals surface area contributed by atoms with Gasteiger partial charge in [0.2, 0.25) is 11.9 Å². The molecule has 0 aliphatic carbocycles. The van der Waals surface area contributed by atoms with Gasteiger partial charge in [0, 0.05) is 0 Å². The molecule has 9 nitrogen and oxygen atoms in total. The zero-order chi connectivity index (χ0) is 18.0. The molecule has 0 aromatic heterocycles. The maximum atomic E-state index is 12.3. The number of ether oxygens (including phenoxy) is 6. The van der Waals surface area contributed by atoms with Gasteiger partial charge < -0.3 is 28.4 Å². The number of fused-ring (bicyclic) bond motifs is 3. The molecule has 0 saturated carbocycles. The quantitative estimate of drug-likeness (QED) is 0.512. The van der Waals surface area contributed by atoms with Gasteiger partial charge in [0.15, 0.2) is 18.5 Å². The van der Waals surface area contributed by atoms with E-state index in [1.54, 1.807) is 13.8 Å². The molecule has 4 aliphatic heterocycles. The third kappa shape index (κ3) is 2.52. The van der Waals surface area contributed by atoms with Gasteiger partial charge in [0.1, 0.15) is 19.1 Å². The summed E-state index contributed by atoms with van der Waals surface area (Å²) in [6.45, 7) is 5.31. The van der Waals surface area contributed by atoms with Crippen molar-refractivity contribution in [3.8, 4) is 0 Å². The molecule has 25 heavy (non-hydrogen) atoms. The lowest BCUT2D eigenvalue weighted by atomic mass is 9.90. The summed E-state index contributed by atoms with van der Waals surface area (Å²) >= 11 is 0. The summed E-state index contributed by atoms with van der Waals surface area (Å²) in [6, 6.07) is 0. The van der Waals surface area contributed by atoms with Gasteiger partial charge in [-0.15, -0.1) is 0 Å². The number of carbonyl (C=O) groups is 3. The summed E-state index contributed by atoms with van der Waals surface area (Å²) in [4.78, 5) is 35.7. The van der Waals surface area contributed by atoms with Crippen LogP contribution in [0.4, 0.5) is 0 Å². The molecule has 0 N–H and O–H groups in total. The van der Waals surface area contributed by atoms with E-state index in [1.807, 2.05) is 6.92 Å². The summed E-state index contributed by atoms with van der Waals surface area (Å²) in [5, 5.41) is 0. The molecule has 4 fully saturated rings. The molecule has 138 valence electrons. The first kappa shape index (κ1) is 16.7. The molecule has 6 atom stereocenters. The molecule has 0 aromatic rings. The van der Waals surface area contributed by atoms with Crippen molar-refractivity contribution in [1.29, 1.82) is 0 Å². The van der Waals surface area contributed by atoms with Crippen LogP contribution in [-0.2, 0) is 42.8 Å². The predicted molar refractivity (Wildman–Crippen MR) is 76.8 cm³/mol. The van der Waals surface area contributed by atoms with Gasteiger partial charge in [-0.05, 0) is 20.3 Å². The lowest BCUT2D eigenvalue weighted by molar-refractivity contribution is -0.232. The van der Waals surface area contributed by atoms with Gasteiger partial charge in [-0.25, -0.2) is 4.79 Å². The van der Waals surface area contributed by atoms with E-state index in [9.17, 15) is 14.4 Å². The molecule has 0 bridgehead atoms. The zero-order valence-electron chi connectivity index (χ0n) is 14.2. The molecular weight excluding hydrogens is 336 g/mol. The zero-order valence-corrected chi connectivity index (χ0v) is 14.2. The Morgan fingerprint density at radius 1 is 1.24 bits per heavy atom. The van der Waals surface area contributed by atoms with Crippen molar-refractivity contribution < 1.29 is 42.8 Å². The van der Waals surface area contributed by atoms with E-state index in [-0.39, 0.29) is 13.0 Å². The predicted octanol–water partition coefficient (Wildman–Crippen LogP) is 0.0433. The number of hydrogen-bond donors (Lipinski definition) is 0. The average molecular weight is 356 g/mol. The monoisotopic (exact) mass is 356 g/mol. The van der Waals surface area contributed by atoms with Gasteiger partial charge >= 0.3 is 17.9 Å². The van der Waals surface area contributed by atoms with Crippen molar-refractivity contribution in [2.75, 3.05) is 6.61 Å². The molecule has 1 spiro atoms. The lowest BCUT2D eigenvalue weighted by Gasteiger charge is -2.25. The van der Waals surface area contributed by atoms with Gasteiger partial charge in [-0.1, -0.05) is 6.92 Å². The average Bonchev–Trinajstić information content (AvgIpc) is 3.25.